The van der Waals surface area contributed by atoms with Gasteiger partial charge < -0.3 is 0 Å². The summed E-state index contributed by atoms with van der Waals surface area (Å²) in [4.78, 5) is 0. The Hall–Kier alpha value is -2.77. The van der Waals surface area contributed by atoms with Crippen LogP contribution < -0.4 is 9.87 Å². The summed E-state index contributed by atoms with van der Waals surface area (Å²) in [5.41, 5.74) is 7.87. The van der Waals surface area contributed by atoms with Gasteiger partial charge in [-0.05, 0) is 65.8 Å². The topological polar surface area (TPSA) is 8.81 Å². The molecule has 32 heavy (non-hydrogen) atoms. The van der Waals surface area contributed by atoms with E-state index in [9.17, 15) is 4.39 Å². The molecule has 1 unspecified atom stereocenters. The third-order valence-electron chi connectivity index (χ3n) is 6.14. The number of rotatable bonds is 5. The molecule has 3 aromatic carbocycles. The van der Waals surface area contributed by atoms with E-state index in [2.05, 4.69) is 95.0 Å². The van der Waals surface area contributed by atoms with Gasteiger partial charge in [-0.3, -0.25) is 0 Å². The van der Waals surface area contributed by atoms with Crippen molar-refractivity contribution < 1.29 is 8.96 Å². The van der Waals surface area contributed by atoms with Crippen molar-refractivity contribution in [2.75, 3.05) is 0 Å². The smallest absolute Gasteiger partial charge is 0.232 e. The maximum atomic E-state index is 14.2. The van der Waals surface area contributed by atoms with Gasteiger partial charge in [0.1, 0.15) is 23.9 Å². The van der Waals surface area contributed by atoms with Crippen LogP contribution in [0.5, 0.6) is 0 Å². The van der Waals surface area contributed by atoms with E-state index in [0.717, 1.165) is 39.9 Å². The minimum absolute atomic E-state index is 0.179. The van der Waals surface area contributed by atoms with Crippen LogP contribution >= 0.6 is 9.24 Å². The fourth-order valence-electron chi connectivity index (χ4n) is 4.49. The number of hydrogen-bond donors (Lipinski definition) is 0. The molecule has 1 heterocycles. The standard InChI is InChI=1S/C28H31FN2P/c1-6-20-15-23(29)14-19(4)26(20)28-30(5)12-13-31(28)27-24(21-10-8-7-9-11-21)16-22(18(2)3)17-25(27)32/h7-18H,6,32H2,1-5H3/q+1. The first-order valence-corrected chi connectivity index (χ1v) is 11.7. The predicted octanol–water partition coefficient (Wildman–Crippen LogP) is 6.27. The normalized spacial score (nSPS) is 11.4. The van der Waals surface area contributed by atoms with Crippen LogP contribution in [0.4, 0.5) is 4.39 Å². The fourth-order valence-corrected chi connectivity index (χ4v) is 4.97. The molecule has 4 aromatic rings. The Morgan fingerprint density at radius 1 is 1.06 bits per heavy atom. The van der Waals surface area contributed by atoms with Gasteiger partial charge in [-0.25, -0.2) is 8.96 Å². The Morgan fingerprint density at radius 2 is 1.78 bits per heavy atom. The summed E-state index contributed by atoms with van der Waals surface area (Å²) in [5.74, 6) is 1.30. The van der Waals surface area contributed by atoms with E-state index in [1.165, 1.54) is 16.7 Å². The molecule has 0 spiro atoms. The number of benzene rings is 3. The highest BCUT2D eigenvalue weighted by molar-refractivity contribution is 7.27. The summed E-state index contributed by atoms with van der Waals surface area (Å²) in [6.45, 7) is 8.53. The minimum atomic E-state index is -0.179. The van der Waals surface area contributed by atoms with Crippen LogP contribution in [0.15, 0.2) is 67.0 Å². The van der Waals surface area contributed by atoms with Gasteiger partial charge in [-0.1, -0.05) is 51.1 Å². The molecule has 0 radical (unpaired) electrons. The van der Waals surface area contributed by atoms with Crippen LogP contribution in [0.1, 0.15) is 43.4 Å². The van der Waals surface area contributed by atoms with Gasteiger partial charge in [-0.15, -0.1) is 9.24 Å². The molecule has 0 aliphatic rings. The maximum Gasteiger partial charge on any atom is 0.294 e. The average molecular weight is 446 g/mol. The van der Waals surface area contributed by atoms with E-state index in [1.807, 2.05) is 13.0 Å². The largest absolute Gasteiger partial charge is 0.294 e. The zero-order valence-electron chi connectivity index (χ0n) is 19.5. The van der Waals surface area contributed by atoms with Crippen LogP contribution in [-0.4, -0.2) is 4.57 Å². The molecule has 0 aliphatic heterocycles. The summed E-state index contributed by atoms with van der Waals surface area (Å²) in [6, 6.07) is 18.4. The minimum Gasteiger partial charge on any atom is -0.232 e. The lowest BCUT2D eigenvalue weighted by Gasteiger charge is -2.17. The number of hydrogen-bond acceptors (Lipinski definition) is 0. The van der Waals surface area contributed by atoms with Gasteiger partial charge in [0.25, 0.3) is 5.82 Å². The second-order valence-electron chi connectivity index (χ2n) is 8.74. The molecule has 0 fully saturated rings. The molecule has 164 valence electrons. The summed E-state index contributed by atoms with van der Waals surface area (Å²) in [6.07, 6.45) is 4.96. The molecule has 0 amide bonds. The van der Waals surface area contributed by atoms with Crippen molar-refractivity contribution in [3.8, 4) is 28.2 Å². The zero-order chi connectivity index (χ0) is 23.0. The van der Waals surface area contributed by atoms with Gasteiger partial charge in [-0.2, -0.15) is 4.57 Å². The molecule has 1 atom stereocenters. The van der Waals surface area contributed by atoms with Gasteiger partial charge in [0, 0.05) is 10.9 Å². The Labute approximate surface area is 193 Å². The number of halogens is 1. The van der Waals surface area contributed by atoms with Crippen molar-refractivity contribution >= 4 is 14.5 Å². The molecular weight excluding hydrogens is 414 g/mol. The molecule has 2 nitrogen and oxygen atoms in total. The van der Waals surface area contributed by atoms with Gasteiger partial charge >= 0.3 is 0 Å². The zero-order valence-corrected chi connectivity index (χ0v) is 20.6. The van der Waals surface area contributed by atoms with Gasteiger partial charge in [0.2, 0.25) is 0 Å². The number of nitrogens with zero attached hydrogens (tertiary/aromatic N) is 2. The molecule has 4 heteroatoms. The number of aromatic nitrogens is 2. The van der Waals surface area contributed by atoms with Crippen LogP contribution in [-0.2, 0) is 13.5 Å². The quantitative estimate of drug-likeness (QED) is 0.253. The number of imidazole rings is 1. The van der Waals surface area contributed by atoms with Crippen LogP contribution in [0, 0.1) is 12.7 Å². The van der Waals surface area contributed by atoms with Crippen molar-refractivity contribution in [1.82, 2.24) is 4.57 Å². The van der Waals surface area contributed by atoms with E-state index in [1.54, 1.807) is 12.1 Å². The number of aryl methyl sites for hydroxylation is 3. The fraction of sp³-hybridized carbons (Fsp3) is 0.250. The van der Waals surface area contributed by atoms with Crippen LogP contribution in [0.3, 0.4) is 0 Å². The SMILES string of the molecule is CCc1cc(F)cc(C)c1-c1n(-c2c(P)cc(C(C)C)cc2-c2ccccc2)cc[n+]1C. The first kappa shape index (κ1) is 22.4. The molecule has 0 saturated heterocycles. The van der Waals surface area contributed by atoms with Gasteiger partial charge in [0.15, 0.2) is 0 Å². The third kappa shape index (κ3) is 4.02. The van der Waals surface area contributed by atoms with Crippen molar-refractivity contribution in [3.05, 3.63) is 89.5 Å². The highest BCUT2D eigenvalue weighted by Gasteiger charge is 2.27. The highest BCUT2D eigenvalue weighted by Crippen LogP contribution is 2.34. The summed E-state index contributed by atoms with van der Waals surface area (Å²) in [5, 5.41) is 1.14. The molecule has 0 saturated carbocycles. The maximum absolute atomic E-state index is 14.2. The second kappa shape index (κ2) is 9.00. The van der Waals surface area contributed by atoms with Crippen LogP contribution in [0.2, 0.25) is 0 Å². The summed E-state index contributed by atoms with van der Waals surface area (Å²) in [7, 11) is 5.00. The van der Waals surface area contributed by atoms with E-state index in [4.69, 9.17) is 0 Å². The lowest BCUT2D eigenvalue weighted by molar-refractivity contribution is -0.659. The van der Waals surface area contributed by atoms with Gasteiger partial charge in [0.05, 0.1) is 12.6 Å². The molecule has 0 N–H and O–H groups in total. The molecule has 0 bridgehead atoms. The van der Waals surface area contributed by atoms with Crippen LogP contribution in [0.25, 0.3) is 28.2 Å². The van der Waals surface area contributed by atoms with E-state index >= 15 is 0 Å². The van der Waals surface area contributed by atoms with Crippen molar-refractivity contribution in [3.63, 3.8) is 0 Å². The molecular formula is C28H31FN2P+. The first-order valence-electron chi connectivity index (χ1n) is 11.2. The first-order chi connectivity index (χ1) is 15.3. The van der Waals surface area contributed by atoms with E-state index in [0.29, 0.717) is 5.92 Å². The van der Waals surface area contributed by atoms with Crippen molar-refractivity contribution in [2.45, 2.75) is 40.0 Å². The highest BCUT2D eigenvalue weighted by atomic mass is 31.0. The second-order valence-corrected chi connectivity index (χ2v) is 9.36. The predicted molar refractivity (Wildman–Crippen MR) is 135 cm³/mol. The van der Waals surface area contributed by atoms with E-state index < -0.39 is 0 Å². The monoisotopic (exact) mass is 445 g/mol. The Bertz CT molecular complexity index is 1270. The Kier molecular flexibility index (Phi) is 6.31. The van der Waals surface area contributed by atoms with Crippen molar-refractivity contribution in [2.24, 2.45) is 7.05 Å². The summed E-state index contributed by atoms with van der Waals surface area (Å²) < 4.78 is 18.6. The average Bonchev–Trinajstić information content (AvgIpc) is 3.13. The third-order valence-corrected chi connectivity index (χ3v) is 6.58. The summed E-state index contributed by atoms with van der Waals surface area (Å²) >= 11 is 0. The Morgan fingerprint density at radius 3 is 2.44 bits per heavy atom. The van der Waals surface area contributed by atoms with Crippen molar-refractivity contribution in [1.29, 1.82) is 0 Å². The van der Waals surface area contributed by atoms with E-state index in [-0.39, 0.29) is 5.82 Å². The molecule has 0 aliphatic carbocycles. The molecule has 4 rings (SSSR count). The lowest BCUT2D eigenvalue weighted by atomic mass is 9.95. The Balaban J connectivity index is 2.06. The molecule has 1 aromatic heterocycles. The lowest BCUT2D eigenvalue weighted by Crippen LogP contribution is -2.30.